The van der Waals surface area contributed by atoms with Crippen molar-refractivity contribution in [3.8, 4) is 0 Å². The third-order valence-corrected chi connectivity index (χ3v) is 4.26. The first-order chi connectivity index (χ1) is 8.50. The van der Waals surface area contributed by atoms with Crippen molar-refractivity contribution in [3.05, 3.63) is 10.4 Å². The predicted molar refractivity (Wildman–Crippen MR) is 71.6 cm³/mol. The minimum Gasteiger partial charge on any atom is -0.397 e. The normalized spacial score (nSPS) is 15.8. The molecule has 0 atom stereocenters. The first kappa shape index (κ1) is 12.7. The number of primary amides is 2. The van der Waals surface area contributed by atoms with E-state index in [-0.39, 0.29) is 16.1 Å². The fourth-order valence-corrected chi connectivity index (χ4v) is 3.28. The van der Waals surface area contributed by atoms with Crippen LogP contribution in [0, 0.1) is 0 Å². The quantitative estimate of drug-likeness (QED) is 0.647. The number of nitrogens with two attached hydrogens (primary N) is 3. The first-order valence-electron chi connectivity index (χ1n) is 5.79. The zero-order valence-corrected chi connectivity index (χ0v) is 10.7. The molecule has 2 rings (SSSR count). The Morgan fingerprint density at radius 1 is 1.17 bits per heavy atom. The molecule has 0 spiro atoms. The van der Waals surface area contributed by atoms with Crippen LogP contribution in [0.3, 0.4) is 0 Å². The van der Waals surface area contributed by atoms with Gasteiger partial charge in [-0.3, -0.25) is 9.59 Å². The topological polar surface area (TPSA) is 124 Å². The van der Waals surface area contributed by atoms with Gasteiger partial charge in [-0.25, -0.2) is 0 Å². The lowest BCUT2D eigenvalue weighted by Crippen LogP contribution is -2.19. The number of rotatable bonds is 4. The van der Waals surface area contributed by atoms with Crippen LogP contribution < -0.4 is 22.5 Å². The van der Waals surface area contributed by atoms with Gasteiger partial charge in [-0.2, -0.15) is 0 Å². The van der Waals surface area contributed by atoms with Crippen molar-refractivity contribution in [3.63, 3.8) is 0 Å². The van der Waals surface area contributed by atoms with E-state index in [1.807, 2.05) is 0 Å². The Morgan fingerprint density at radius 3 is 2.28 bits per heavy atom. The van der Waals surface area contributed by atoms with E-state index in [2.05, 4.69) is 5.32 Å². The summed E-state index contributed by atoms with van der Waals surface area (Å²) in [6.45, 7) is 0. The van der Waals surface area contributed by atoms with Crippen molar-refractivity contribution in [2.24, 2.45) is 11.5 Å². The molecule has 7 heteroatoms. The molecule has 1 aliphatic rings. The van der Waals surface area contributed by atoms with Crippen LogP contribution in [0.4, 0.5) is 10.7 Å². The molecular weight excluding hydrogens is 252 g/mol. The number of hydrogen-bond donors (Lipinski definition) is 4. The fourth-order valence-electron chi connectivity index (χ4n) is 2.23. The lowest BCUT2D eigenvalue weighted by atomic mass is 10.2. The molecule has 6 nitrogen and oxygen atoms in total. The van der Waals surface area contributed by atoms with Gasteiger partial charge in [0.1, 0.15) is 9.88 Å². The summed E-state index contributed by atoms with van der Waals surface area (Å²) in [5.41, 5.74) is 16.5. The number of thiophene rings is 1. The van der Waals surface area contributed by atoms with E-state index in [1.165, 1.54) is 0 Å². The standard InChI is InChI=1S/C11H16N4O2S/c12-7-6(9(13)16)11(18-8(7)10(14)17)15-5-3-1-2-4-5/h5,15H,1-4,12H2,(H2,13,16)(H2,14,17). The van der Waals surface area contributed by atoms with E-state index >= 15 is 0 Å². The fraction of sp³-hybridized carbons (Fsp3) is 0.455. The van der Waals surface area contributed by atoms with Gasteiger partial charge in [-0.1, -0.05) is 12.8 Å². The molecule has 1 aromatic heterocycles. The minimum atomic E-state index is -0.642. The average Bonchev–Trinajstić information content (AvgIpc) is 2.86. The number of amides is 2. The Balaban J connectivity index is 2.35. The highest BCUT2D eigenvalue weighted by atomic mass is 32.1. The molecule has 1 heterocycles. The number of nitrogens with one attached hydrogen (secondary N) is 1. The van der Waals surface area contributed by atoms with Gasteiger partial charge in [-0.15, -0.1) is 11.3 Å². The minimum absolute atomic E-state index is 0.0838. The van der Waals surface area contributed by atoms with Crippen LogP contribution in [0.1, 0.15) is 45.7 Å². The van der Waals surface area contributed by atoms with Gasteiger partial charge >= 0.3 is 0 Å². The molecule has 1 fully saturated rings. The summed E-state index contributed by atoms with van der Waals surface area (Å²) in [6.07, 6.45) is 4.41. The Bertz CT molecular complexity index is 491. The summed E-state index contributed by atoms with van der Waals surface area (Å²) in [5, 5.41) is 3.79. The molecule has 18 heavy (non-hydrogen) atoms. The number of nitrogen functional groups attached to an aromatic ring is 1. The molecule has 0 radical (unpaired) electrons. The summed E-state index contributed by atoms with van der Waals surface area (Å²) in [7, 11) is 0. The summed E-state index contributed by atoms with van der Waals surface area (Å²) < 4.78 is 0. The molecule has 0 saturated heterocycles. The van der Waals surface area contributed by atoms with Gasteiger partial charge in [0.15, 0.2) is 0 Å². The summed E-state index contributed by atoms with van der Waals surface area (Å²) in [4.78, 5) is 22.8. The molecule has 98 valence electrons. The van der Waals surface area contributed by atoms with Crippen LogP contribution in [0.25, 0.3) is 0 Å². The third kappa shape index (κ3) is 2.26. The van der Waals surface area contributed by atoms with E-state index in [1.54, 1.807) is 0 Å². The molecule has 1 saturated carbocycles. The Morgan fingerprint density at radius 2 is 1.78 bits per heavy atom. The Kier molecular flexibility index (Phi) is 3.42. The van der Waals surface area contributed by atoms with E-state index in [4.69, 9.17) is 17.2 Å². The van der Waals surface area contributed by atoms with Crippen LogP contribution >= 0.6 is 11.3 Å². The molecule has 0 aromatic carbocycles. The van der Waals surface area contributed by atoms with Crippen LogP contribution in [0.2, 0.25) is 0 Å². The highest BCUT2D eigenvalue weighted by Gasteiger charge is 2.25. The van der Waals surface area contributed by atoms with E-state index in [0.717, 1.165) is 37.0 Å². The summed E-state index contributed by atoms with van der Waals surface area (Å²) in [5.74, 6) is -1.28. The molecule has 2 amide bonds. The second kappa shape index (κ2) is 4.85. The van der Waals surface area contributed by atoms with Gasteiger partial charge in [-0.05, 0) is 12.8 Å². The smallest absolute Gasteiger partial charge is 0.260 e. The highest BCUT2D eigenvalue weighted by molar-refractivity contribution is 7.19. The zero-order valence-electron chi connectivity index (χ0n) is 9.86. The van der Waals surface area contributed by atoms with Gasteiger partial charge in [0.25, 0.3) is 11.8 Å². The highest BCUT2D eigenvalue weighted by Crippen LogP contribution is 2.37. The molecule has 0 aliphatic heterocycles. The summed E-state index contributed by atoms with van der Waals surface area (Å²) >= 11 is 1.10. The second-order valence-electron chi connectivity index (χ2n) is 4.40. The van der Waals surface area contributed by atoms with E-state index < -0.39 is 11.8 Å². The second-order valence-corrected chi connectivity index (χ2v) is 5.42. The largest absolute Gasteiger partial charge is 0.397 e. The van der Waals surface area contributed by atoms with Crippen molar-refractivity contribution in [1.29, 1.82) is 0 Å². The predicted octanol–water partition coefficient (Wildman–Crippen LogP) is 0.883. The van der Waals surface area contributed by atoms with Crippen molar-refractivity contribution >= 4 is 33.8 Å². The van der Waals surface area contributed by atoms with Gasteiger partial charge in [0.2, 0.25) is 0 Å². The van der Waals surface area contributed by atoms with Gasteiger partial charge in [0.05, 0.1) is 11.3 Å². The summed E-state index contributed by atoms with van der Waals surface area (Å²) in [6, 6.07) is 0.307. The van der Waals surface area contributed by atoms with E-state index in [9.17, 15) is 9.59 Å². The molecule has 0 bridgehead atoms. The Hall–Kier alpha value is -1.76. The van der Waals surface area contributed by atoms with Crippen LogP contribution in [0.5, 0.6) is 0 Å². The van der Waals surface area contributed by atoms with Gasteiger partial charge < -0.3 is 22.5 Å². The zero-order chi connectivity index (χ0) is 13.3. The maximum atomic E-state index is 11.4. The van der Waals surface area contributed by atoms with Crippen molar-refractivity contribution in [1.82, 2.24) is 0 Å². The van der Waals surface area contributed by atoms with Crippen molar-refractivity contribution < 1.29 is 9.59 Å². The van der Waals surface area contributed by atoms with E-state index in [0.29, 0.717) is 11.0 Å². The lowest BCUT2D eigenvalue weighted by Gasteiger charge is -2.12. The molecular formula is C11H16N4O2S. The first-order valence-corrected chi connectivity index (χ1v) is 6.60. The monoisotopic (exact) mass is 268 g/mol. The average molecular weight is 268 g/mol. The number of anilines is 2. The number of carbonyl (C=O) groups is 2. The van der Waals surface area contributed by atoms with Gasteiger partial charge in [0, 0.05) is 6.04 Å². The van der Waals surface area contributed by atoms with Crippen LogP contribution in [-0.2, 0) is 0 Å². The number of hydrogen-bond acceptors (Lipinski definition) is 5. The maximum absolute atomic E-state index is 11.4. The van der Waals surface area contributed by atoms with Crippen molar-refractivity contribution in [2.45, 2.75) is 31.7 Å². The number of carbonyl (C=O) groups excluding carboxylic acids is 2. The molecule has 1 aliphatic carbocycles. The van der Waals surface area contributed by atoms with Crippen molar-refractivity contribution in [2.75, 3.05) is 11.1 Å². The SMILES string of the molecule is NC(=O)c1sc(NC2CCCC2)c(C(N)=O)c1N. The molecule has 0 unspecified atom stereocenters. The van der Waals surface area contributed by atoms with Crippen LogP contribution in [-0.4, -0.2) is 17.9 Å². The lowest BCUT2D eigenvalue weighted by molar-refractivity contribution is 0.0999. The Labute approximate surface area is 109 Å². The third-order valence-electron chi connectivity index (χ3n) is 3.11. The van der Waals surface area contributed by atoms with Crippen LogP contribution in [0.15, 0.2) is 0 Å². The molecule has 7 N–H and O–H groups in total. The molecule has 1 aromatic rings. The maximum Gasteiger partial charge on any atom is 0.260 e.